The second-order valence-corrected chi connectivity index (χ2v) is 10.7. The summed E-state index contributed by atoms with van der Waals surface area (Å²) in [7, 11) is 0. The van der Waals surface area contributed by atoms with Gasteiger partial charge in [-0.2, -0.15) is 10.3 Å². The standard InChI is InChI=1S/C26H20F2N8O3S/c27-23(28)20-15-12-17(40-25(15)36(33-20)18-3-1-2-8-30-18)22(38)19-21(37)14-11-13(24-31-34-35-32-24)4-5-16(14)39-26(19)6-9-29-10-7-26/h1-5,8,11-12,19,23,29H,6-7,9-10H2,(H,31,32,34,35)/t19-/m1/s1. The molecule has 2 aliphatic heterocycles. The maximum atomic E-state index is 14.2. The average Bonchev–Trinajstić information content (AvgIpc) is 3.71. The number of ketones is 2. The van der Waals surface area contributed by atoms with Crippen LogP contribution < -0.4 is 10.1 Å². The van der Waals surface area contributed by atoms with Crippen molar-refractivity contribution in [3.05, 3.63) is 64.8 Å². The van der Waals surface area contributed by atoms with Gasteiger partial charge < -0.3 is 10.1 Å². The molecule has 0 saturated carbocycles. The molecule has 1 spiro atoms. The Morgan fingerprint density at radius 1 is 1.18 bits per heavy atom. The Kier molecular flexibility index (Phi) is 5.75. The highest BCUT2D eigenvalue weighted by Gasteiger charge is 2.54. The Labute approximate surface area is 228 Å². The van der Waals surface area contributed by atoms with Crippen LogP contribution in [0.25, 0.3) is 27.4 Å². The third-order valence-corrected chi connectivity index (χ3v) is 8.49. The van der Waals surface area contributed by atoms with Crippen LogP contribution in [-0.2, 0) is 0 Å². The number of rotatable bonds is 5. The maximum absolute atomic E-state index is 14.2. The van der Waals surface area contributed by atoms with Crippen LogP contribution in [-0.4, -0.2) is 65.6 Å². The fourth-order valence-corrected chi connectivity index (χ4v) is 6.59. The Hall–Kier alpha value is -4.43. The molecular formula is C26H20F2N8O3S. The van der Waals surface area contributed by atoms with Crippen LogP contribution >= 0.6 is 11.3 Å². The Bertz CT molecular complexity index is 1750. The smallest absolute Gasteiger partial charge is 0.282 e. The van der Waals surface area contributed by atoms with Gasteiger partial charge in [-0.15, -0.1) is 21.5 Å². The number of tetrazole rings is 1. The number of carbonyl (C=O) groups excluding carboxylic acids is 2. The van der Waals surface area contributed by atoms with Gasteiger partial charge in [0.15, 0.2) is 17.4 Å². The first-order valence-corrected chi connectivity index (χ1v) is 13.3. The average molecular weight is 563 g/mol. The van der Waals surface area contributed by atoms with Crippen molar-refractivity contribution in [1.29, 1.82) is 0 Å². The zero-order chi connectivity index (χ0) is 27.4. The number of benzene rings is 1. The zero-order valence-electron chi connectivity index (χ0n) is 20.7. The quantitative estimate of drug-likeness (QED) is 0.242. The molecule has 1 aromatic carbocycles. The van der Waals surface area contributed by atoms with Gasteiger partial charge in [-0.25, -0.2) is 18.4 Å². The van der Waals surface area contributed by atoms with E-state index in [1.165, 1.54) is 16.9 Å². The first kappa shape index (κ1) is 24.6. The predicted octanol–water partition coefficient (Wildman–Crippen LogP) is 3.80. The summed E-state index contributed by atoms with van der Waals surface area (Å²) in [5.41, 5.74) is -0.752. The molecule has 1 saturated heterocycles. The van der Waals surface area contributed by atoms with E-state index in [0.717, 1.165) is 11.3 Å². The highest BCUT2D eigenvalue weighted by Crippen LogP contribution is 2.45. The highest BCUT2D eigenvalue weighted by molar-refractivity contribution is 7.20. The minimum absolute atomic E-state index is 0.150. The number of nitrogens with zero attached hydrogens (tertiary/aromatic N) is 6. The number of H-pyrrole nitrogens is 1. The lowest BCUT2D eigenvalue weighted by molar-refractivity contribution is -0.0136. The van der Waals surface area contributed by atoms with Gasteiger partial charge in [-0.05, 0) is 54.7 Å². The predicted molar refractivity (Wildman–Crippen MR) is 139 cm³/mol. The largest absolute Gasteiger partial charge is 0.485 e. The number of halogens is 2. The summed E-state index contributed by atoms with van der Waals surface area (Å²) in [5, 5.41) is 21.4. The number of aromatic amines is 1. The van der Waals surface area contributed by atoms with Crippen molar-refractivity contribution in [2.24, 2.45) is 5.92 Å². The number of carbonyl (C=O) groups is 2. The van der Waals surface area contributed by atoms with Crippen molar-refractivity contribution >= 4 is 33.1 Å². The zero-order valence-corrected chi connectivity index (χ0v) is 21.5. The molecular weight excluding hydrogens is 542 g/mol. The number of ether oxygens (including phenoxy) is 1. The fourth-order valence-electron chi connectivity index (χ4n) is 5.49. The molecule has 6 heterocycles. The van der Waals surface area contributed by atoms with Crippen LogP contribution in [0.5, 0.6) is 5.75 Å². The molecule has 2 aliphatic rings. The molecule has 11 nitrogen and oxygen atoms in total. The van der Waals surface area contributed by atoms with E-state index in [9.17, 15) is 18.4 Å². The van der Waals surface area contributed by atoms with E-state index in [2.05, 4.69) is 36.0 Å². The molecule has 5 aromatic rings. The van der Waals surface area contributed by atoms with Crippen LogP contribution in [0.4, 0.5) is 8.78 Å². The number of alkyl halides is 2. The van der Waals surface area contributed by atoms with E-state index in [1.807, 2.05) is 0 Å². The van der Waals surface area contributed by atoms with Gasteiger partial charge in [0, 0.05) is 30.0 Å². The summed E-state index contributed by atoms with van der Waals surface area (Å²) in [6.45, 7) is 1.12. The third-order valence-electron chi connectivity index (χ3n) is 7.37. The van der Waals surface area contributed by atoms with Gasteiger partial charge >= 0.3 is 0 Å². The van der Waals surface area contributed by atoms with E-state index in [4.69, 9.17) is 4.74 Å². The van der Waals surface area contributed by atoms with Crippen LogP contribution in [0.1, 0.15) is 45.0 Å². The minimum Gasteiger partial charge on any atom is -0.485 e. The van der Waals surface area contributed by atoms with Crippen LogP contribution in [0.15, 0.2) is 48.7 Å². The first-order valence-electron chi connectivity index (χ1n) is 12.5. The molecule has 0 unspecified atom stereocenters. The second kappa shape index (κ2) is 9.34. The SMILES string of the molecule is O=C(c1cc2c(C(F)F)nn(-c3ccccn3)c2s1)[C@H]1C(=O)c2cc(-c3nn[nH]n3)ccc2OC12CCNCC2. The number of nitrogens with one attached hydrogen (secondary N) is 2. The lowest BCUT2D eigenvalue weighted by atomic mass is 9.71. The summed E-state index contributed by atoms with van der Waals surface area (Å²) in [5.74, 6) is -1.02. The van der Waals surface area contributed by atoms with Crippen LogP contribution in [0.2, 0.25) is 0 Å². The molecule has 2 N–H and O–H groups in total. The normalized spacial score (nSPS) is 18.3. The molecule has 0 bridgehead atoms. The van der Waals surface area contributed by atoms with Crippen LogP contribution in [0, 0.1) is 5.92 Å². The number of piperidine rings is 1. The Morgan fingerprint density at radius 2 is 2.02 bits per heavy atom. The van der Waals surface area contributed by atoms with Crippen molar-refractivity contribution in [2.75, 3.05) is 13.1 Å². The van der Waals surface area contributed by atoms with E-state index >= 15 is 0 Å². The first-order chi connectivity index (χ1) is 19.4. The van der Waals surface area contributed by atoms with Crippen molar-refractivity contribution in [2.45, 2.75) is 24.9 Å². The molecule has 0 aliphatic carbocycles. The Balaban J connectivity index is 1.34. The topological polar surface area (TPSA) is 141 Å². The summed E-state index contributed by atoms with van der Waals surface area (Å²) < 4.78 is 35.8. The highest BCUT2D eigenvalue weighted by atomic mass is 32.1. The molecule has 202 valence electrons. The van der Waals surface area contributed by atoms with E-state index in [-0.39, 0.29) is 15.8 Å². The number of Topliss-reactive ketones (excluding diaryl/α,β-unsaturated/α-hetero) is 2. The lowest BCUT2D eigenvalue weighted by Crippen LogP contribution is -2.58. The van der Waals surface area contributed by atoms with Crippen molar-refractivity contribution in [3.63, 3.8) is 0 Å². The number of hydrogen-bond donors (Lipinski definition) is 2. The lowest BCUT2D eigenvalue weighted by Gasteiger charge is -2.45. The van der Waals surface area contributed by atoms with E-state index in [1.54, 1.807) is 36.4 Å². The molecule has 1 atom stereocenters. The molecule has 0 radical (unpaired) electrons. The fraction of sp³-hybridized carbons (Fsp3) is 0.269. The van der Waals surface area contributed by atoms with E-state index in [0.29, 0.717) is 53.7 Å². The van der Waals surface area contributed by atoms with Gasteiger partial charge in [-0.1, -0.05) is 6.07 Å². The molecule has 1 fully saturated rings. The molecule has 0 amide bonds. The van der Waals surface area contributed by atoms with Gasteiger partial charge in [0.2, 0.25) is 5.82 Å². The van der Waals surface area contributed by atoms with E-state index < -0.39 is 35.2 Å². The minimum atomic E-state index is -2.86. The molecule has 14 heteroatoms. The van der Waals surface area contributed by atoms with Gasteiger partial charge in [0.25, 0.3) is 6.43 Å². The van der Waals surface area contributed by atoms with Crippen molar-refractivity contribution in [3.8, 4) is 23.0 Å². The van der Waals surface area contributed by atoms with Crippen molar-refractivity contribution in [1.82, 2.24) is 40.7 Å². The van der Waals surface area contributed by atoms with Gasteiger partial charge in [0.05, 0.1) is 10.4 Å². The molecule has 40 heavy (non-hydrogen) atoms. The van der Waals surface area contributed by atoms with Gasteiger partial charge in [-0.3, -0.25) is 9.59 Å². The molecule has 7 rings (SSSR count). The number of fused-ring (bicyclic) bond motifs is 2. The maximum Gasteiger partial charge on any atom is 0.282 e. The second-order valence-electron chi connectivity index (χ2n) is 9.64. The molecule has 4 aromatic heterocycles. The van der Waals surface area contributed by atoms with Crippen molar-refractivity contribution < 1.29 is 23.1 Å². The Morgan fingerprint density at radius 3 is 2.75 bits per heavy atom. The number of aromatic nitrogens is 7. The third kappa shape index (κ3) is 3.82. The van der Waals surface area contributed by atoms with Crippen LogP contribution in [0.3, 0.4) is 0 Å². The number of hydrogen-bond acceptors (Lipinski definition) is 10. The van der Waals surface area contributed by atoms with Gasteiger partial charge in [0.1, 0.15) is 27.8 Å². The summed E-state index contributed by atoms with van der Waals surface area (Å²) >= 11 is 1.01. The number of thiophene rings is 1. The summed E-state index contributed by atoms with van der Waals surface area (Å²) in [6.07, 6.45) is -0.480. The summed E-state index contributed by atoms with van der Waals surface area (Å²) in [6, 6.07) is 11.5. The monoisotopic (exact) mass is 562 g/mol. The summed E-state index contributed by atoms with van der Waals surface area (Å²) in [4.78, 5) is 33.1. The number of pyridine rings is 1.